The Labute approximate surface area is 153 Å². The van der Waals surface area contributed by atoms with Gasteiger partial charge in [0, 0.05) is 5.41 Å². The van der Waals surface area contributed by atoms with Crippen molar-refractivity contribution in [1.82, 2.24) is 0 Å². The summed E-state index contributed by atoms with van der Waals surface area (Å²) in [5.41, 5.74) is -0.114. The molecule has 1 heterocycles. The van der Waals surface area contributed by atoms with Crippen LogP contribution in [0, 0.1) is 17.3 Å². The van der Waals surface area contributed by atoms with Gasteiger partial charge in [-0.05, 0) is 56.4 Å². The van der Waals surface area contributed by atoms with Crippen LogP contribution in [-0.2, 0) is 5.60 Å². The maximum atomic E-state index is 11.8. The summed E-state index contributed by atoms with van der Waals surface area (Å²) in [6, 6.07) is 10.2. The first-order valence-electron chi connectivity index (χ1n) is 10.3. The van der Waals surface area contributed by atoms with Crippen molar-refractivity contribution >= 4 is 0 Å². The number of hydrogen-bond acceptors (Lipinski definition) is 1. The summed E-state index contributed by atoms with van der Waals surface area (Å²) in [5, 5.41) is 11.8. The first-order valence-corrected chi connectivity index (χ1v) is 10.3. The van der Waals surface area contributed by atoms with Gasteiger partial charge >= 0.3 is 0 Å². The van der Waals surface area contributed by atoms with Crippen LogP contribution in [0.3, 0.4) is 0 Å². The van der Waals surface area contributed by atoms with Crippen LogP contribution in [-0.4, -0.2) is 24.7 Å². The lowest BCUT2D eigenvalue weighted by molar-refractivity contribution is -0.891. The number of aliphatic hydroxyl groups is 1. The Bertz CT molecular complexity index is 586. The van der Waals surface area contributed by atoms with Gasteiger partial charge in [0.1, 0.15) is 6.54 Å². The second-order valence-corrected chi connectivity index (χ2v) is 8.06. The second kappa shape index (κ2) is 8.39. The summed E-state index contributed by atoms with van der Waals surface area (Å²) in [7, 11) is 0. The molecule has 2 N–H and O–H groups in total. The van der Waals surface area contributed by atoms with Gasteiger partial charge in [-0.1, -0.05) is 56.0 Å². The van der Waals surface area contributed by atoms with Gasteiger partial charge < -0.3 is 10.0 Å². The molecule has 0 amide bonds. The molecule has 0 bridgehead atoms. The molecule has 0 unspecified atom stereocenters. The molecular formula is C23H34NO+. The molecule has 1 atom stereocenters. The van der Waals surface area contributed by atoms with Crippen LogP contribution < -0.4 is 4.90 Å². The van der Waals surface area contributed by atoms with E-state index in [0.717, 1.165) is 31.4 Å². The quantitative estimate of drug-likeness (QED) is 0.808. The Morgan fingerprint density at radius 1 is 1.00 bits per heavy atom. The number of rotatable bonds is 4. The molecule has 0 aromatic heterocycles. The normalized spacial score (nSPS) is 23.3. The zero-order chi connectivity index (χ0) is 17.6. The van der Waals surface area contributed by atoms with E-state index in [9.17, 15) is 5.11 Å². The van der Waals surface area contributed by atoms with Crippen LogP contribution in [0.1, 0.15) is 70.3 Å². The number of hydrogen-bond donors (Lipinski definition) is 2. The summed E-state index contributed by atoms with van der Waals surface area (Å²) in [5.74, 6) is 6.82. The monoisotopic (exact) mass is 340 g/mol. The van der Waals surface area contributed by atoms with E-state index in [1.807, 2.05) is 18.2 Å². The van der Waals surface area contributed by atoms with Crippen molar-refractivity contribution in [3.05, 3.63) is 35.9 Å². The van der Waals surface area contributed by atoms with E-state index in [-0.39, 0.29) is 5.41 Å². The van der Waals surface area contributed by atoms with Crippen molar-refractivity contribution in [1.29, 1.82) is 0 Å². The molecule has 3 rings (SSSR count). The Morgan fingerprint density at radius 3 is 2.24 bits per heavy atom. The van der Waals surface area contributed by atoms with Gasteiger partial charge in [0.25, 0.3) is 0 Å². The van der Waals surface area contributed by atoms with Gasteiger partial charge in [-0.3, -0.25) is 0 Å². The molecule has 1 aromatic carbocycles. The fourth-order valence-corrected chi connectivity index (χ4v) is 4.92. The zero-order valence-electron chi connectivity index (χ0n) is 15.8. The summed E-state index contributed by atoms with van der Waals surface area (Å²) in [6.45, 7) is 5.56. The van der Waals surface area contributed by atoms with Gasteiger partial charge in [0.15, 0.2) is 5.60 Å². The van der Waals surface area contributed by atoms with E-state index in [2.05, 4.69) is 30.9 Å². The topological polar surface area (TPSA) is 24.7 Å². The van der Waals surface area contributed by atoms with E-state index in [4.69, 9.17) is 0 Å². The number of nitrogens with one attached hydrogen (secondary N) is 1. The molecule has 2 fully saturated rings. The van der Waals surface area contributed by atoms with Gasteiger partial charge in [0.2, 0.25) is 0 Å². The lowest BCUT2D eigenvalue weighted by Gasteiger charge is -2.41. The third-order valence-corrected chi connectivity index (χ3v) is 6.61. The smallest absolute Gasteiger partial charge is 0.156 e. The van der Waals surface area contributed by atoms with Crippen LogP contribution in [0.4, 0.5) is 0 Å². The lowest BCUT2D eigenvalue weighted by atomic mass is 9.65. The highest BCUT2D eigenvalue weighted by Gasteiger charge is 2.50. The fourth-order valence-electron chi connectivity index (χ4n) is 4.92. The summed E-state index contributed by atoms with van der Waals surface area (Å²) >= 11 is 0. The molecule has 136 valence electrons. The molecule has 2 aliphatic rings. The maximum absolute atomic E-state index is 11.8. The SMILES string of the molecule is CCC1([C@@](O)(C#CC[NH+]2CCCCCC2)c2ccccc2)CCCC1. The van der Waals surface area contributed by atoms with E-state index >= 15 is 0 Å². The highest BCUT2D eigenvalue weighted by atomic mass is 16.3. The fraction of sp³-hybridized carbons (Fsp3) is 0.652. The molecule has 0 spiro atoms. The van der Waals surface area contributed by atoms with Crippen molar-refractivity contribution < 1.29 is 10.0 Å². The third-order valence-electron chi connectivity index (χ3n) is 6.61. The first-order chi connectivity index (χ1) is 12.2. The minimum atomic E-state index is -1.01. The van der Waals surface area contributed by atoms with Crippen LogP contribution in [0.15, 0.2) is 30.3 Å². The molecule has 1 saturated carbocycles. The lowest BCUT2D eigenvalue weighted by Crippen LogP contribution is -3.11. The molecule has 1 saturated heterocycles. The zero-order valence-corrected chi connectivity index (χ0v) is 15.8. The van der Waals surface area contributed by atoms with E-state index in [0.29, 0.717) is 0 Å². The molecular weight excluding hydrogens is 306 g/mol. The third kappa shape index (κ3) is 3.94. The minimum absolute atomic E-state index is 0.0878. The standard InChI is InChI=1S/C23H33NO/c1-2-22(15-8-9-16-22)23(25,21-13-6-5-7-14-21)17-12-20-24-18-10-3-4-11-19-24/h5-7,13-14,25H,2-4,8-11,15-16,18-20H2,1H3/p+1/t23-/m1/s1. The van der Waals surface area contributed by atoms with Crippen LogP contribution in [0.25, 0.3) is 0 Å². The average molecular weight is 341 g/mol. The van der Waals surface area contributed by atoms with Crippen molar-refractivity contribution in [2.45, 2.75) is 70.3 Å². The van der Waals surface area contributed by atoms with Crippen molar-refractivity contribution in [2.75, 3.05) is 19.6 Å². The molecule has 0 radical (unpaired) electrons. The van der Waals surface area contributed by atoms with E-state index < -0.39 is 5.60 Å². The van der Waals surface area contributed by atoms with Crippen molar-refractivity contribution in [3.63, 3.8) is 0 Å². The summed E-state index contributed by atoms with van der Waals surface area (Å²) < 4.78 is 0. The molecule has 1 aliphatic heterocycles. The Kier molecular flexibility index (Phi) is 6.20. The highest BCUT2D eigenvalue weighted by Crippen LogP contribution is 2.53. The molecule has 1 aliphatic carbocycles. The number of benzene rings is 1. The maximum Gasteiger partial charge on any atom is 0.156 e. The Balaban J connectivity index is 1.86. The number of likely N-dealkylation sites (tertiary alicyclic amines) is 1. The van der Waals surface area contributed by atoms with Crippen LogP contribution >= 0.6 is 0 Å². The molecule has 1 aromatic rings. The average Bonchev–Trinajstić information content (AvgIpc) is 3.01. The van der Waals surface area contributed by atoms with Crippen LogP contribution in [0.2, 0.25) is 0 Å². The van der Waals surface area contributed by atoms with Crippen molar-refractivity contribution in [3.8, 4) is 11.8 Å². The summed E-state index contributed by atoms with van der Waals surface area (Å²) in [4.78, 5) is 1.59. The van der Waals surface area contributed by atoms with Gasteiger partial charge in [-0.25, -0.2) is 0 Å². The molecule has 2 heteroatoms. The Morgan fingerprint density at radius 2 is 1.64 bits per heavy atom. The largest absolute Gasteiger partial charge is 0.373 e. The van der Waals surface area contributed by atoms with Gasteiger partial charge in [-0.15, -0.1) is 0 Å². The molecule has 25 heavy (non-hydrogen) atoms. The van der Waals surface area contributed by atoms with Gasteiger partial charge in [0.05, 0.1) is 13.1 Å². The molecule has 2 nitrogen and oxygen atoms in total. The van der Waals surface area contributed by atoms with Crippen LogP contribution in [0.5, 0.6) is 0 Å². The predicted octanol–water partition coefficient (Wildman–Crippen LogP) is 3.31. The highest BCUT2D eigenvalue weighted by molar-refractivity contribution is 5.36. The first kappa shape index (κ1) is 18.5. The second-order valence-electron chi connectivity index (χ2n) is 8.06. The predicted molar refractivity (Wildman–Crippen MR) is 103 cm³/mol. The summed E-state index contributed by atoms with van der Waals surface area (Å²) in [6.07, 6.45) is 10.9. The Hall–Kier alpha value is -1.30. The van der Waals surface area contributed by atoms with E-state index in [1.54, 1.807) is 4.90 Å². The van der Waals surface area contributed by atoms with E-state index in [1.165, 1.54) is 51.6 Å². The minimum Gasteiger partial charge on any atom is -0.373 e. The number of quaternary nitrogens is 1. The van der Waals surface area contributed by atoms with Crippen molar-refractivity contribution in [2.24, 2.45) is 5.41 Å². The van der Waals surface area contributed by atoms with Gasteiger partial charge in [-0.2, -0.15) is 0 Å².